The molecule has 3 N–H and O–H groups in total. The second kappa shape index (κ2) is 5.68. The number of halogens is 3. The molecule has 0 fully saturated rings. The molecule has 2 rings (SSSR count). The van der Waals surface area contributed by atoms with E-state index < -0.39 is 29.0 Å². The molecule has 0 spiro atoms. The Kier molecular flexibility index (Phi) is 4.15. The molecule has 2 aromatic rings. The van der Waals surface area contributed by atoms with Crippen molar-refractivity contribution < 1.29 is 18.4 Å². The maximum Gasteiger partial charge on any atom is 0.256 e. The number of primary amides is 1. The predicted octanol–water partition coefficient (Wildman–Crippen LogP) is 3.14. The molecule has 0 unspecified atom stereocenters. The molecule has 20 heavy (non-hydrogen) atoms. The zero-order valence-corrected chi connectivity index (χ0v) is 12.1. The number of anilines is 1. The molecule has 104 valence electrons. The number of carbonyl (C=O) groups is 2. The fourth-order valence-electron chi connectivity index (χ4n) is 1.46. The van der Waals surface area contributed by atoms with E-state index >= 15 is 0 Å². The van der Waals surface area contributed by atoms with Gasteiger partial charge in [0.1, 0.15) is 11.6 Å². The Labute approximate surface area is 124 Å². The number of rotatable bonds is 3. The third-order valence-electron chi connectivity index (χ3n) is 2.40. The molecule has 1 aromatic heterocycles. The lowest BCUT2D eigenvalue weighted by molar-refractivity contribution is 0.0992. The normalized spacial score (nSPS) is 10.3. The summed E-state index contributed by atoms with van der Waals surface area (Å²) in [5, 5.41) is 3.83. The minimum atomic E-state index is -1.08. The van der Waals surface area contributed by atoms with Crippen molar-refractivity contribution in [1.29, 1.82) is 0 Å². The zero-order valence-electron chi connectivity index (χ0n) is 9.75. The average molecular weight is 361 g/mol. The van der Waals surface area contributed by atoms with E-state index in [0.717, 1.165) is 9.85 Å². The molecule has 0 saturated carbocycles. The Bertz CT molecular complexity index is 703. The number of nitrogens with one attached hydrogen (secondary N) is 1. The van der Waals surface area contributed by atoms with Gasteiger partial charge in [0, 0.05) is 11.4 Å². The molecule has 0 aliphatic rings. The highest BCUT2D eigenvalue weighted by Gasteiger charge is 2.16. The van der Waals surface area contributed by atoms with Crippen molar-refractivity contribution in [3.8, 4) is 0 Å². The van der Waals surface area contributed by atoms with Gasteiger partial charge in [-0.15, -0.1) is 11.3 Å². The first-order valence-electron chi connectivity index (χ1n) is 5.22. The van der Waals surface area contributed by atoms with Gasteiger partial charge >= 0.3 is 0 Å². The van der Waals surface area contributed by atoms with Crippen LogP contribution in [0.4, 0.5) is 14.5 Å². The summed E-state index contributed by atoms with van der Waals surface area (Å²) in [6, 6.07) is 2.92. The third-order valence-corrected chi connectivity index (χ3v) is 3.90. The van der Waals surface area contributed by atoms with Crippen LogP contribution < -0.4 is 11.1 Å². The van der Waals surface area contributed by atoms with Crippen molar-refractivity contribution >= 4 is 44.8 Å². The lowest BCUT2D eigenvalue weighted by Gasteiger charge is -2.07. The van der Waals surface area contributed by atoms with Gasteiger partial charge in [-0.05, 0) is 28.1 Å². The van der Waals surface area contributed by atoms with Crippen LogP contribution in [0.3, 0.4) is 0 Å². The molecular formula is C12H7BrF2N2O2S. The smallest absolute Gasteiger partial charge is 0.256 e. The minimum absolute atomic E-state index is 0.311. The number of hydrogen-bond donors (Lipinski definition) is 2. The molecule has 0 bridgehead atoms. The van der Waals surface area contributed by atoms with Crippen LogP contribution in [-0.4, -0.2) is 11.8 Å². The second-order valence-corrected chi connectivity index (χ2v) is 6.06. The Morgan fingerprint density at radius 2 is 1.90 bits per heavy atom. The predicted molar refractivity (Wildman–Crippen MR) is 74.8 cm³/mol. The van der Waals surface area contributed by atoms with Crippen LogP contribution in [0.5, 0.6) is 0 Å². The van der Waals surface area contributed by atoms with Crippen molar-refractivity contribution in [3.05, 3.63) is 50.1 Å². The van der Waals surface area contributed by atoms with Gasteiger partial charge < -0.3 is 11.1 Å². The van der Waals surface area contributed by atoms with Crippen LogP contribution in [0.1, 0.15) is 20.7 Å². The molecule has 8 heteroatoms. The summed E-state index contributed by atoms with van der Waals surface area (Å²) in [7, 11) is 0. The van der Waals surface area contributed by atoms with Gasteiger partial charge in [-0.3, -0.25) is 9.59 Å². The molecule has 0 aliphatic heterocycles. The topological polar surface area (TPSA) is 72.2 Å². The van der Waals surface area contributed by atoms with E-state index in [-0.39, 0.29) is 5.69 Å². The maximum absolute atomic E-state index is 13.6. The van der Waals surface area contributed by atoms with Crippen LogP contribution >= 0.6 is 27.3 Å². The van der Waals surface area contributed by atoms with Gasteiger partial charge in [-0.2, -0.15) is 0 Å². The summed E-state index contributed by atoms with van der Waals surface area (Å²) < 4.78 is 27.6. The van der Waals surface area contributed by atoms with Crippen molar-refractivity contribution in [2.45, 2.75) is 0 Å². The number of thiophene rings is 1. The molecule has 0 saturated heterocycles. The third kappa shape index (κ3) is 3.02. The van der Waals surface area contributed by atoms with Crippen LogP contribution in [0.25, 0.3) is 0 Å². The van der Waals surface area contributed by atoms with Crippen molar-refractivity contribution in [3.63, 3.8) is 0 Å². The van der Waals surface area contributed by atoms with E-state index in [9.17, 15) is 18.4 Å². The summed E-state index contributed by atoms with van der Waals surface area (Å²) in [4.78, 5) is 22.8. The van der Waals surface area contributed by atoms with Gasteiger partial charge in [-0.25, -0.2) is 8.78 Å². The first-order chi connectivity index (χ1) is 9.38. The van der Waals surface area contributed by atoms with Crippen LogP contribution in [0.15, 0.2) is 27.4 Å². The number of benzene rings is 1. The Morgan fingerprint density at radius 3 is 2.45 bits per heavy atom. The lowest BCUT2D eigenvalue weighted by atomic mass is 10.1. The SMILES string of the molecule is NC(=O)c1cc(NC(=O)c2csc(Br)c2)c(F)cc1F. The quantitative estimate of drug-likeness (QED) is 0.882. The molecule has 1 aromatic carbocycles. The standard InChI is InChI=1S/C12H7BrF2N2O2S/c13-10-1-5(4-20-10)12(19)17-9-2-6(11(16)18)7(14)3-8(9)15/h1-4H,(H2,16,18)(H,17,19). The summed E-state index contributed by atoms with van der Waals surface area (Å²) in [6.45, 7) is 0. The van der Waals surface area contributed by atoms with E-state index in [1.54, 1.807) is 11.4 Å². The summed E-state index contributed by atoms with van der Waals surface area (Å²) in [5.41, 5.74) is 4.47. The number of amides is 2. The van der Waals surface area contributed by atoms with Gasteiger partial charge in [0.2, 0.25) is 0 Å². The van der Waals surface area contributed by atoms with Crippen LogP contribution in [0.2, 0.25) is 0 Å². The lowest BCUT2D eigenvalue weighted by Crippen LogP contribution is -2.17. The Balaban J connectivity index is 2.31. The Hall–Kier alpha value is -1.80. The molecular weight excluding hydrogens is 354 g/mol. The van der Waals surface area contributed by atoms with E-state index in [1.807, 2.05) is 0 Å². The largest absolute Gasteiger partial charge is 0.366 e. The van der Waals surface area contributed by atoms with E-state index in [2.05, 4.69) is 21.2 Å². The fraction of sp³-hybridized carbons (Fsp3) is 0. The first kappa shape index (κ1) is 14.6. The average Bonchev–Trinajstić information content (AvgIpc) is 2.79. The fourth-order valence-corrected chi connectivity index (χ4v) is 2.59. The van der Waals surface area contributed by atoms with Gasteiger partial charge in [0.25, 0.3) is 11.8 Å². The summed E-state index contributed by atoms with van der Waals surface area (Å²) >= 11 is 4.48. The van der Waals surface area contributed by atoms with Gasteiger partial charge in [0.15, 0.2) is 0 Å². The van der Waals surface area contributed by atoms with Crippen LogP contribution in [-0.2, 0) is 0 Å². The summed E-state index contributed by atoms with van der Waals surface area (Å²) in [6.07, 6.45) is 0. The molecule has 0 atom stereocenters. The van der Waals surface area contributed by atoms with Crippen LogP contribution in [0, 0.1) is 11.6 Å². The second-order valence-electron chi connectivity index (χ2n) is 3.77. The van der Waals surface area contributed by atoms with Crippen molar-refractivity contribution in [2.75, 3.05) is 5.32 Å². The number of nitrogens with two attached hydrogens (primary N) is 1. The highest BCUT2D eigenvalue weighted by atomic mass is 79.9. The summed E-state index contributed by atoms with van der Waals surface area (Å²) in [5.74, 6) is -3.69. The minimum Gasteiger partial charge on any atom is -0.366 e. The first-order valence-corrected chi connectivity index (χ1v) is 6.90. The van der Waals surface area contributed by atoms with E-state index in [0.29, 0.717) is 11.6 Å². The van der Waals surface area contributed by atoms with Crippen molar-refractivity contribution in [1.82, 2.24) is 0 Å². The van der Waals surface area contributed by atoms with Gasteiger partial charge in [-0.1, -0.05) is 0 Å². The number of carbonyl (C=O) groups excluding carboxylic acids is 2. The Morgan fingerprint density at radius 1 is 1.20 bits per heavy atom. The van der Waals surface area contributed by atoms with Gasteiger partial charge in [0.05, 0.1) is 20.6 Å². The monoisotopic (exact) mass is 360 g/mol. The molecule has 1 heterocycles. The molecule has 0 radical (unpaired) electrons. The molecule has 4 nitrogen and oxygen atoms in total. The highest BCUT2D eigenvalue weighted by molar-refractivity contribution is 9.11. The molecule has 2 amide bonds. The zero-order chi connectivity index (χ0) is 14.9. The number of hydrogen-bond acceptors (Lipinski definition) is 3. The molecule has 0 aliphatic carbocycles. The van der Waals surface area contributed by atoms with Crippen molar-refractivity contribution in [2.24, 2.45) is 5.73 Å². The van der Waals surface area contributed by atoms with E-state index in [1.165, 1.54) is 11.3 Å². The highest BCUT2D eigenvalue weighted by Crippen LogP contribution is 2.23. The maximum atomic E-state index is 13.6. The van der Waals surface area contributed by atoms with E-state index in [4.69, 9.17) is 5.73 Å².